The van der Waals surface area contributed by atoms with E-state index >= 15 is 0 Å². The van der Waals surface area contributed by atoms with Crippen LogP contribution < -0.4 is 18.9 Å². The summed E-state index contributed by atoms with van der Waals surface area (Å²) < 4.78 is 56.1. The van der Waals surface area contributed by atoms with Gasteiger partial charge in [-0.1, -0.05) is 18.2 Å². The monoisotopic (exact) mass is 778 g/mol. The topological polar surface area (TPSA) is 220 Å². The highest BCUT2D eigenvalue weighted by atomic mass is 35.5. The number of benzene rings is 3. The molecule has 0 saturated carbocycles. The Labute approximate surface area is 314 Å². The molecule has 5 aliphatic rings. The quantitative estimate of drug-likeness (QED) is 0.143. The van der Waals surface area contributed by atoms with Crippen LogP contribution in [0.15, 0.2) is 72.8 Å². The van der Waals surface area contributed by atoms with Crippen LogP contribution in [-0.2, 0) is 42.7 Å². The highest BCUT2D eigenvalue weighted by molar-refractivity contribution is 6.18. The van der Waals surface area contributed by atoms with E-state index in [0.717, 1.165) is 31.3 Å². The molecular weight excluding hydrogens is 740 g/mol. The molecule has 3 aromatic carbocycles. The summed E-state index contributed by atoms with van der Waals surface area (Å²) in [7, 11) is 0. The Morgan fingerprint density at radius 3 is 1.13 bits per heavy atom. The van der Waals surface area contributed by atoms with E-state index in [-0.39, 0.29) is 56.3 Å². The van der Waals surface area contributed by atoms with Crippen LogP contribution in [0, 0.1) is 0 Å². The first-order chi connectivity index (χ1) is 26.2. The lowest BCUT2D eigenvalue weighted by molar-refractivity contribution is -0.191. The van der Waals surface area contributed by atoms with Gasteiger partial charge in [0.15, 0.2) is 12.2 Å². The van der Waals surface area contributed by atoms with Crippen molar-refractivity contribution in [1.29, 1.82) is 0 Å². The van der Waals surface area contributed by atoms with Crippen molar-refractivity contribution in [2.24, 2.45) is 0 Å². The van der Waals surface area contributed by atoms with Gasteiger partial charge in [0.2, 0.25) is 0 Å². The third-order valence-corrected chi connectivity index (χ3v) is 7.21. The summed E-state index contributed by atoms with van der Waals surface area (Å²) in [6, 6.07) is 20.5. The van der Waals surface area contributed by atoms with Crippen LogP contribution in [-0.4, -0.2) is 125 Å². The van der Waals surface area contributed by atoms with Crippen molar-refractivity contribution in [3.05, 3.63) is 72.8 Å². The van der Waals surface area contributed by atoms with Crippen LogP contribution in [0.4, 0.5) is 9.59 Å². The van der Waals surface area contributed by atoms with Crippen molar-refractivity contribution in [2.45, 2.75) is 30.5 Å². The van der Waals surface area contributed by atoms with Gasteiger partial charge >= 0.3 is 18.5 Å². The molecule has 5 saturated heterocycles. The molecule has 2 N–H and O–H groups in total. The number of alkyl halides is 1. The summed E-state index contributed by atoms with van der Waals surface area (Å²) in [5.41, 5.74) is 0. The van der Waals surface area contributed by atoms with Crippen molar-refractivity contribution in [1.82, 2.24) is 0 Å². The minimum Gasteiger partial charge on any atom is -0.508 e. The largest absolute Gasteiger partial charge is 0.508 e. The van der Waals surface area contributed by atoms with Gasteiger partial charge in [0.05, 0.1) is 31.8 Å². The molecule has 3 aromatic rings. The number of aromatic hydroxyl groups is 2. The van der Waals surface area contributed by atoms with Crippen molar-refractivity contribution >= 4 is 30.1 Å². The van der Waals surface area contributed by atoms with Gasteiger partial charge in [-0.15, -0.1) is 11.6 Å². The molecule has 0 aliphatic carbocycles. The fourth-order valence-corrected chi connectivity index (χ4v) is 4.12. The standard InChI is InChI=1S/C14H14O8.C12H14O4.C6H6O2.C3H5ClO.CO2/c15-13-19-7-11(21-13)5-17-9-2-1-3-10(4-9)18-6-12-8-20-14(16)22-12;1-2-9(13-5-11-7-15-11)4-10(3-1)14-6-12-8-16-12;7-5-2-1-3-6(8)4-5;4-1-3-2-5-3;2-1-3/h1-4,11-12H,5-8H2;1-4,11-12H,5-8H2;1-4,7-8H;3H,1-2H2;. The molecule has 0 bridgehead atoms. The number of hydrogen-bond acceptors (Lipinski definition) is 17. The summed E-state index contributed by atoms with van der Waals surface area (Å²) in [5, 5.41) is 17.3. The summed E-state index contributed by atoms with van der Waals surface area (Å²) >= 11 is 5.27. The normalized spacial score (nSPS) is 21.9. The zero-order chi connectivity index (χ0) is 38.5. The molecule has 5 fully saturated rings. The van der Waals surface area contributed by atoms with Crippen molar-refractivity contribution < 1.29 is 81.5 Å². The average Bonchev–Trinajstić information content (AvgIpc) is 4.08. The second kappa shape index (κ2) is 22.6. The highest BCUT2D eigenvalue weighted by Gasteiger charge is 2.27. The first kappa shape index (κ1) is 41.3. The summed E-state index contributed by atoms with van der Waals surface area (Å²) in [4.78, 5) is 37.8. The molecular formula is C36H39ClO17. The molecule has 5 atom stereocenters. The van der Waals surface area contributed by atoms with E-state index in [4.69, 9.17) is 74.0 Å². The van der Waals surface area contributed by atoms with Crippen LogP contribution in [0.2, 0.25) is 0 Å². The number of carbonyl (C=O) groups is 2. The Morgan fingerprint density at radius 1 is 0.556 bits per heavy atom. The second-order valence-corrected chi connectivity index (χ2v) is 11.7. The Morgan fingerprint density at radius 2 is 0.889 bits per heavy atom. The fourth-order valence-electron chi connectivity index (χ4n) is 3.94. The molecule has 5 unspecified atom stereocenters. The summed E-state index contributed by atoms with van der Waals surface area (Å²) in [6.07, 6.45) is -0.970. The first-order valence-electron chi connectivity index (χ1n) is 16.5. The molecule has 0 spiro atoms. The van der Waals surface area contributed by atoms with Gasteiger partial charge in [-0.2, -0.15) is 9.59 Å². The van der Waals surface area contributed by atoms with Gasteiger partial charge in [-0.05, 0) is 36.4 Å². The number of hydrogen-bond donors (Lipinski definition) is 2. The first-order valence-corrected chi connectivity index (χ1v) is 17.0. The SMILES string of the molecule is ClCC1CO1.O=C1OCC(COc2cccc(OCC3COC(=O)O3)c2)O1.O=C=O.Oc1cccc(O)c1.c1cc(OCC2CO2)cc(OCC2CO2)c1. The zero-order valence-electron chi connectivity index (χ0n) is 28.8. The predicted octanol–water partition coefficient (Wildman–Crippen LogP) is 3.90. The molecule has 5 aliphatic heterocycles. The van der Waals surface area contributed by atoms with E-state index in [2.05, 4.69) is 9.47 Å². The van der Waals surface area contributed by atoms with E-state index in [1.807, 2.05) is 24.3 Å². The van der Waals surface area contributed by atoms with Crippen LogP contribution in [0.1, 0.15) is 0 Å². The average molecular weight is 779 g/mol. The van der Waals surface area contributed by atoms with Gasteiger partial charge in [0, 0.05) is 18.2 Å². The number of halogens is 1. The van der Waals surface area contributed by atoms with Gasteiger partial charge in [0.25, 0.3) is 0 Å². The molecule has 5 heterocycles. The number of cyclic esters (lactones) is 4. The molecule has 0 amide bonds. The zero-order valence-corrected chi connectivity index (χ0v) is 29.5. The van der Waals surface area contributed by atoms with Gasteiger partial charge in [0.1, 0.15) is 86.3 Å². The third kappa shape index (κ3) is 17.9. The lowest BCUT2D eigenvalue weighted by atomic mass is 10.3. The summed E-state index contributed by atoms with van der Waals surface area (Å²) in [5.74, 6) is 3.63. The van der Waals surface area contributed by atoms with E-state index < -0.39 is 24.5 Å². The number of ether oxygens (including phenoxy) is 11. The minimum absolute atomic E-state index is 0.0880. The van der Waals surface area contributed by atoms with Gasteiger partial charge in [-0.3, -0.25) is 0 Å². The van der Waals surface area contributed by atoms with Crippen molar-refractivity contribution in [2.75, 3.05) is 65.3 Å². The molecule has 0 radical (unpaired) electrons. The Kier molecular flexibility index (Phi) is 17.3. The lowest BCUT2D eigenvalue weighted by Crippen LogP contribution is -2.20. The van der Waals surface area contributed by atoms with E-state index in [1.165, 1.54) is 18.2 Å². The number of phenols is 2. The van der Waals surface area contributed by atoms with E-state index in [0.29, 0.717) is 36.7 Å². The van der Waals surface area contributed by atoms with E-state index in [9.17, 15) is 9.59 Å². The Bertz CT molecular complexity index is 1530. The predicted molar refractivity (Wildman–Crippen MR) is 182 cm³/mol. The van der Waals surface area contributed by atoms with E-state index in [1.54, 1.807) is 30.3 Å². The molecule has 8 rings (SSSR count). The Hall–Kier alpha value is -5.45. The molecule has 17 nitrogen and oxygen atoms in total. The maximum Gasteiger partial charge on any atom is 0.508 e. The smallest absolute Gasteiger partial charge is 0.508 e. The summed E-state index contributed by atoms with van der Waals surface area (Å²) in [6.45, 7) is 4.51. The number of phenolic OH excluding ortho intramolecular Hbond substituents is 2. The van der Waals surface area contributed by atoms with Crippen LogP contribution in [0.5, 0.6) is 34.5 Å². The van der Waals surface area contributed by atoms with Gasteiger partial charge < -0.3 is 62.3 Å². The van der Waals surface area contributed by atoms with Crippen molar-refractivity contribution in [3.63, 3.8) is 0 Å². The van der Waals surface area contributed by atoms with Crippen LogP contribution in [0.25, 0.3) is 0 Å². The molecule has 0 aromatic heterocycles. The fraction of sp³-hybridized carbons (Fsp3) is 0.417. The molecule has 54 heavy (non-hydrogen) atoms. The maximum absolute atomic E-state index is 10.8. The second-order valence-electron chi connectivity index (χ2n) is 11.4. The van der Waals surface area contributed by atoms with Crippen LogP contribution >= 0.6 is 11.6 Å². The van der Waals surface area contributed by atoms with Crippen molar-refractivity contribution in [3.8, 4) is 34.5 Å². The highest BCUT2D eigenvalue weighted by Crippen LogP contribution is 2.23. The number of rotatable bonds is 13. The Balaban J connectivity index is 0.000000175. The maximum atomic E-state index is 10.8. The minimum atomic E-state index is -0.681. The van der Waals surface area contributed by atoms with Gasteiger partial charge in [-0.25, -0.2) is 9.59 Å². The third-order valence-electron chi connectivity index (χ3n) is 6.86. The number of carbonyl (C=O) groups excluding carboxylic acids is 4. The number of epoxide rings is 3. The lowest BCUT2D eigenvalue weighted by Gasteiger charge is -2.12. The molecule has 18 heteroatoms. The molecule has 292 valence electrons. The van der Waals surface area contributed by atoms with Crippen LogP contribution in [0.3, 0.4) is 0 Å².